The van der Waals surface area contributed by atoms with E-state index in [2.05, 4.69) is 9.88 Å². The van der Waals surface area contributed by atoms with Gasteiger partial charge in [0, 0.05) is 63.7 Å². The van der Waals surface area contributed by atoms with E-state index >= 15 is 0 Å². The highest BCUT2D eigenvalue weighted by atomic mass is 16.2. The fourth-order valence-corrected chi connectivity index (χ4v) is 6.41. The first kappa shape index (κ1) is 21.4. The highest BCUT2D eigenvalue weighted by Gasteiger charge is 2.45. The number of hydrogen-bond acceptors (Lipinski definition) is 4. The van der Waals surface area contributed by atoms with Crippen molar-refractivity contribution in [2.75, 3.05) is 45.8 Å². The number of piperidine rings is 3. The van der Waals surface area contributed by atoms with E-state index < -0.39 is 0 Å². The summed E-state index contributed by atoms with van der Waals surface area (Å²) in [5, 5.41) is 1.02. The fourth-order valence-electron chi connectivity index (χ4n) is 6.41. The molecule has 0 aliphatic carbocycles. The number of pyridine rings is 1. The Hall–Kier alpha value is -3.16. The summed E-state index contributed by atoms with van der Waals surface area (Å²) in [5.74, 6) is 0.991. The molecule has 4 aliphatic heterocycles. The second-order valence-corrected chi connectivity index (χ2v) is 10.2. The summed E-state index contributed by atoms with van der Waals surface area (Å²) >= 11 is 0. The predicted octanol–water partition coefficient (Wildman–Crippen LogP) is 2.45. The van der Waals surface area contributed by atoms with Gasteiger partial charge in [0.1, 0.15) is 5.69 Å². The summed E-state index contributed by atoms with van der Waals surface area (Å²) in [6.45, 7) is 4.38. The molecule has 8 heteroatoms. The quantitative estimate of drug-likeness (QED) is 0.654. The maximum absolute atomic E-state index is 13.4. The molecule has 4 fully saturated rings. The van der Waals surface area contributed by atoms with Crippen LogP contribution >= 0.6 is 0 Å². The number of likely N-dealkylation sites (tertiary alicyclic amines) is 1. The predicted molar refractivity (Wildman–Crippen MR) is 127 cm³/mol. The monoisotopic (exact) mass is 461 g/mol. The Kier molecular flexibility index (Phi) is 5.38. The number of carbonyl (C=O) groups excluding carboxylic acids is 3. The molecule has 1 aromatic heterocycles. The molecule has 4 amide bonds. The number of benzene rings is 1. The average molecular weight is 462 g/mol. The van der Waals surface area contributed by atoms with Gasteiger partial charge in [-0.3, -0.25) is 9.59 Å². The first-order chi connectivity index (χ1) is 16.6. The zero-order valence-corrected chi connectivity index (χ0v) is 19.4. The smallest absolute Gasteiger partial charge is 0.320 e. The number of rotatable bonds is 1. The van der Waals surface area contributed by atoms with Gasteiger partial charge in [-0.25, -0.2) is 9.78 Å². The van der Waals surface area contributed by atoms with Crippen LogP contribution in [-0.4, -0.2) is 94.3 Å². The van der Waals surface area contributed by atoms with Crippen LogP contribution in [0, 0.1) is 11.8 Å². The van der Waals surface area contributed by atoms with Crippen LogP contribution in [0.4, 0.5) is 4.79 Å². The summed E-state index contributed by atoms with van der Waals surface area (Å²) < 4.78 is 0. The topological polar surface area (TPSA) is 77.1 Å². The van der Waals surface area contributed by atoms with E-state index in [0.29, 0.717) is 62.1 Å². The number of aromatic nitrogens is 1. The van der Waals surface area contributed by atoms with Crippen LogP contribution in [0.1, 0.15) is 36.2 Å². The van der Waals surface area contributed by atoms with E-state index in [1.165, 1.54) is 0 Å². The molecular formula is C26H31N5O3. The number of piperazine rings is 1. The van der Waals surface area contributed by atoms with Crippen LogP contribution < -0.4 is 0 Å². The summed E-state index contributed by atoms with van der Waals surface area (Å²) in [7, 11) is 0. The number of urea groups is 1. The molecule has 0 saturated carbocycles. The maximum Gasteiger partial charge on any atom is 0.320 e. The minimum atomic E-state index is -0.0765. The summed E-state index contributed by atoms with van der Waals surface area (Å²) in [6, 6.07) is 11.9. The van der Waals surface area contributed by atoms with E-state index in [0.717, 1.165) is 49.8 Å². The molecule has 0 spiro atoms. The van der Waals surface area contributed by atoms with Crippen molar-refractivity contribution in [1.82, 2.24) is 24.6 Å². The summed E-state index contributed by atoms with van der Waals surface area (Å²) in [4.78, 5) is 51.1. The lowest BCUT2D eigenvalue weighted by molar-refractivity contribution is -0.144. The Morgan fingerprint density at radius 2 is 1.68 bits per heavy atom. The second kappa shape index (κ2) is 8.56. The molecule has 0 radical (unpaired) electrons. The van der Waals surface area contributed by atoms with Gasteiger partial charge in [-0.05, 0) is 43.2 Å². The summed E-state index contributed by atoms with van der Waals surface area (Å²) in [5.41, 5.74) is 1.27. The molecular weight excluding hydrogens is 430 g/mol. The number of nitrogens with zero attached hydrogens (tertiary/aromatic N) is 5. The molecule has 34 heavy (non-hydrogen) atoms. The third kappa shape index (κ3) is 3.79. The Labute approximate surface area is 199 Å². The fraction of sp³-hybridized carbons (Fsp3) is 0.538. The molecule has 1 aromatic carbocycles. The molecule has 2 aromatic rings. The Morgan fingerprint density at radius 1 is 0.882 bits per heavy atom. The van der Waals surface area contributed by atoms with E-state index in [-0.39, 0.29) is 11.9 Å². The molecule has 3 atom stereocenters. The minimum Gasteiger partial charge on any atom is -0.339 e. The van der Waals surface area contributed by atoms with Crippen molar-refractivity contribution in [3.8, 4) is 0 Å². The van der Waals surface area contributed by atoms with Crippen molar-refractivity contribution >= 4 is 28.7 Å². The third-order valence-electron chi connectivity index (χ3n) is 8.11. The number of carbonyl (C=O) groups is 3. The van der Waals surface area contributed by atoms with Crippen molar-refractivity contribution < 1.29 is 14.4 Å². The van der Waals surface area contributed by atoms with Crippen molar-refractivity contribution in [2.45, 2.75) is 31.7 Å². The molecule has 8 nitrogen and oxygen atoms in total. The number of fused-ring (bicyclic) bond motifs is 5. The van der Waals surface area contributed by atoms with Crippen molar-refractivity contribution in [3.05, 3.63) is 42.1 Å². The van der Waals surface area contributed by atoms with E-state index in [1.54, 1.807) is 11.0 Å². The lowest BCUT2D eigenvalue weighted by atomic mass is 9.76. The van der Waals surface area contributed by atoms with E-state index in [1.807, 2.05) is 40.1 Å². The van der Waals surface area contributed by atoms with E-state index in [9.17, 15) is 14.4 Å². The lowest BCUT2D eigenvalue weighted by Gasteiger charge is -2.53. The molecule has 0 unspecified atom stereocenters. The van der Waals surface area contributed by atoms with Gasteiger partial charge < -0.3 is 19.6 Å². The number of amides is 4. The van der Waals surface area contributed by atoms with Gasteiger partial charge in [-0.1, -0.05) is 24.3 Å². The van der Waals surface area contributed by atoms with Crippen LogP contribution in [0.2, 0.25) is 0 Å². The molecule has 6 rings (SSSR count). The van der Waals surface area contributed by atoms with Crippen molar-refractivity contribution in [3.63, 3.8) is 0 Å². The highest BCUT2D eigenvalue weighted by molar-refractivity contribution is 5.95. The molecule has 5 heterocycles. The van der Waals surface area contributed by atoms with Gasteiger partial charge in [0.15, 0.2) is 0 Å². The Morgan fingerprint density at radius 3 is 2.53 bits per heavy atom. The second-order valence-electron chi connectivity index (χ2n) is 10.2. The SMILES string of the molecule is O=C(c1ccc2ccccc2n1)N1CCN(C(=O)N2C[C@H]3C[C@H](C2)[C@H]2CCCC(=O)N2C3)CC1. The van der Waals surface area contributed by atoms with Crippen LogP contribution in [0.25, 0.3) is 10.9 Å². The van der Waals surface area contributed by atoms with Gasteiger partial charge in [0.25, 0.3) is 5.91 Å². The van der Waals surface area contributed by atoms with Crippen LogP contribution in [0.3, 0.4) is 0 Å². The van der Waals surface area contributed by atoms with Gasteiger partial charge >= 0.3 is 6.03 Å². The third-order valence-corrected chi connectivity index (χ3v) is 8.11. The summed E-state index contributed by atoms with van der Waals surface area (Å²) in [6.07, 6.45) is 3.83. The Balaban J connectivity index is 1.07. The van der Waals surface area contributed by atoms with Gasteiger partial charge in [0.2, 0.25) is 5.91 Å². The largest absolute Gasteiger partial charge is 0.339 e. The highest BCUT2D eigenvalue weighted by Crippen LogP contribution is 2.38. The van der Waals surface area contributed by atoms with Gasteiger partial charge in [0.05, 0.1) is 5.52 Å². The lowest BCUT2D eigenvalue weighted by Crippen LogP contribution is -2.63. The van der Waals surface area contributed by atoms with Crippen molar-refractivity contribution in [2.24, 2.45) is 11.8 Å². The van der Waals surface area contributed by atoms with E-state index in [4.69, 9.17) is 0 Å². The van der Waals surface area contributed by atoms with Crippen LogP contribution in [0.15, 0.2) is 36.4 Å². The van der Waals surface area contributed by atoms with Crippen LogP contribution in [-0.2, 0) is 4.79 Å². The normalized spacial score (nSPS) is 27.1. The average Bonchev–Trinajstić information content (AvgIpc) is 2.88. The molecule has 2 bridgehead atoms. The minimum absolute atomic E-state index is 0.0765. The molecule has 0 N–H and O–H groups in total. The standard InChI is InChI=1S/C26H31N5O3/c32-24-7-3-6-23-20-14-18(16-31(23)24)15-30(17-20)26(34)29-12-10-28(11-13-29)25(33)22-9-8-19-4-1-2-5-21(19)27-22/h1-2,4-5,8-9,18,20,23H,3,6-7,10-17H2/t18-,20-,23-/m1/s1. The van der Waals surface area contributed by atoms with Crippen molar-refractivity contribution in [1.29, 1.82) is 0 Å². The van der Waals surface area contributed by atoms with Crippen LogP contribution in [0.5, 0.6) is 0 Å². The zero-order valence-electron chi connectivity index (χ0n) is 19.4. The Bertz CT molecular complexity index is 1130. The maximum atomic E-state index is 13.4. The zero-order chi connectivity index (χ0) is 23.2. The number of hydrogen-bond donors (Lipinski definition) is 0. The van der Waals surface area contributed by atoms with Gasteiger partial charge in [-0.15, -0.1) is 0 Å². The molecule has 178 valence electrons. The first-order valence-electron chi connectivity index (χ1n) is 12.6. The number of para-hydroxylation sites is 1. The molecule has 4 saturated heterocycles. The first-order valence-corrected chi connectivity index (χ1v) is 12.6. The van der Waals surface area contributed by atoms with Gasteiger partial charge in [-0.2, -0.15) is 0 Å². The molecule has 4 aliphatic rings.